The molecule has 2 aromatic carbocycles. The summed E-state index contributed by atoms with van der Waals surface area (Å²) in [6.07, 6.45) is 0. The van der Waals surface area contributed by atoms with E-state index in [0.29, 0.717) is 0 Å². The van der Waals surface area contributed by atoms with Crippen LogP contribution in [0.3, 0.4) is 0 Å². The topological polar surface area (TPSA) is 102 Å². The lowest BCUT2D eigenvalue weighted by atomic mass is 10.2. The highest BCUT2D eigenvalue weighted by molar-refractivity contribution is 7.92. The Kier molecular flexibility index (Phi) is 5.39. The number of ether oxygens (including phenoxy) is 2. The summed E-state index contributed by atoms with van der Waals surface area (Å²) in [5.41, 5.74) is -0.753. The number of rotatable bonds is 6. The van der Waals surface area contributed by atoms with Crippen molar-refractivity contribution in [1.29, 1.82) is 0 Å². The van der Waals surface area contributed by atoms with Gasteiger partial charge < -0.3 is 14.6 Å². The molecule has 0 saturated carbocycles. The predicted molar refractivity (Wildman–Crippen MR) is 88.7 cm³/mol. The highest BCUT2D eigenvalue weighted by Crippen LogP contribution is 2.37. The second-order valence-corrected chi connectivity index (χ2v) is 6.83. The standard InChI is InChI=1S/C15H13ClFNO6S/c1-23-13-7-14(24-2)12(6-10(13)16)18-25(21,22)8-3-4-11(17)9(5-8)15(19)20/h3-7,18H,1-2H3,(H,19,20). The second-order valence-electron chi connectivity index (χ2n) is 4.74. The number of hydrogen-bond donors (Lipinski definition) is 2. The largest absolute Gasteiger partial charge is 0.495 e. The number of methoxy groups -OCH3 is 2. The molecule has 0 aromatic heterocycles. The first-order valence-electron chi connectivity index (χ1n) is 6.66. The summed E-state index contributed by atoms with van der Waals surface area (Å²) in [7, 11) is -1.51. The summed E-state index contributed by atoms with van der Waals surface area (Å²) in [4.78, 5) is 10.5. The molecule has 0 saturated heterocycles. The molecule has 10 heteroatoms. The van der Waals surface area contributed by atoms with Gasteiger partial charge in [-0.25, -0.2) is 17.6 Å². The summed E-state index contributed by atoms with van der Waals surface area (Å²) in [5, 5.41) is 9.05. The Balaban J connectivity index is 2.48. The van der Waals surface area contributed by atoms with Gasteiger partial charge in [0.15, 0.2) is 0 Å². The minimum Gasteiger partial charge on any atom is -0.495 e. The van der Waals surface area contributed by atoms with Crippen LogP contribution in [0.1, 0.15) is 10.4 Å². The maximum Gasteiger partial charge on any atom is 0.338 e. The quantitative estimate of drug-likeness (QED) is 0.787. The number of sulfonamides is 1. The van der Waals surface area contributed by atoms with Gasteiger partial charge in [0.1, 0.15) is 17.3 Å². The fraction of sp³-hybridized carbons (Fsp3) is 0.133. The molecule has 0 fully saturated rings. The van der Waals surface area contributed by atoms with Gasteiger partial charge in [-0.15, -0.1) is 0 Å². The molecule has 0 aliphatic rings. The van der Waals surface area contributed by atoms with E-state index in [1.165, 1.54) is 26.4 Å². The van der Waals surface area contributed by atoms with Crippen LogP contribution in [0.5, 0.6) is 11.5 Å². The van der Waals surface area contributed by atoms with E-state index in [1.54, 1.807) is 0 Å². The second kappa shape index (κ2) is 7.16. The Labute approximate surface area is 148 Å². The lowest BCUT2D eigenvalue weighted by molar-refractivity contribution is 0.0691. The number of carbonyl (C=O) groups is 1. The highest BCUT2D eigenvalue weighted by atomic mass is 35.5. The number of hydrogen-bond acceptors (Lipinski definition) is 5. The van der Waals surface area contributed by atoms with Gasteiger partial charge in [0.2, 0.25) is 0 Å². The monoisotopic (exact) mass is 389 g/mol. The number of carboxylic acid groups (broad SMARTS) is 1. The molecule has 0 aliphatic heterocycles. The SMILES string of the molecule is COc1cc(OC)c(NS(=O)(=O)c2ccc(F)c(C(=O)O)c2)cc1Cl. The molecule has 0 unspecified atom stereocenters. The molecule has 0 aliphatic carbocycles. The molecule has 25 heavy (non-hydrogen) atoms. The van der Waals surface area contributed by atoms with Crippen molar-refractivity contribution in [2.75, 3.05) is 18.9 Å². The molecule has 134 valence electrons. The Morgan fingerprint density at radius 3 is 2.36 bits per heavy atom. The van der Waals surface area contributed by atoms with E-state index >= 15 is 0 Å². The van der Waals surface area contributed by atoms with Crippen molar-refractivity contribution in [2.45, 2.75) is 4.90 Å². The molecule has 0 bridgehead atoms. The minimum atomic E-state index is -4.21. The average molecular weight is 390 g/mol. The molecule has 7 nitrogen and oxygen atoms in total. The van der Waals surface area contributed by atoms with Crippen LogP contribution in [0.2, 0.25) is 5.02 Å². The number of nitrogens with one attached hydrogen (secondary N) is 1. The summed E-state index contributed by atoms with van der Waals surface area (Å²) < 4.78 is 50.7. The molecular weight excluding hydrogens is 377 g/mol. The van der Waals surface area contributed by atoms with Crippen LogP contribution in [0.25, 0.3) is 0 Å². The maximum atomic E-state index is 13.4. The Bertz CT molecular complexity index is 932. The zero-order valence-corrected chi connectivity index (χ0v) is 14.6. The van der Waals surface area contributed by atoms with E-state index in [0.717, 1.165) is 18.2 Å². The summed E-state index contributed by atoms with van der Waals surface area (Å²) >= 11 is 5.98. The van der Waals surface area contributed by atoms with Crippen molar-refractivity contribution in [3.63, 3.8) is 0 Å². The van der Waals surface area contributed by atoms with Crippen LogP contribution >= 0.6 is 11.6 Å². The smallest absolute Gasteiger partial charge is 0.338 e. The third-order valence-corrected chi connectivity index (χ3v) is 4.86. The van der Waals surface area contributed by atoms with E-state index in [2.05, 4.69) is 4.72 Å². The summed E-state index contributed by atoms with van der Waals surface area (Å²) in [6.45, 7) is 0. The number of benzene rings is 2. The first-order chi connectivity index (χ1) is 11.7. The molecule has 2 rings (SSSR count). The van der Waals surface area contributed by atoms with Crippen molar-refractivity contribution in [3.8, 4) is 11.5 Å². The third kappa shape index (κ3) is 3.94. The van der Waals surface area contributed by atoms with Crippen LogP contribution in [0.15, 0.2) is 35.2 Å². The van der Waals surface area contributed by atoms with Crippen molar-refractivity contribution in [3.05, 3.63) is 46.7 Å². The molecule has 2 aromatic rings. The third-order valence-electron chi connectivity index (χ3n) is 3.20. The van der Waals surface area contributed by atoms with Gasteiger partial charge in [-0.3, -0.25) is 4.72 Å². The van der Waals surface area contributed by atoms with Crippen LogP contribution < -0.4 is 14.2 Å². The van der Waals surface area contributed by atoms with E-state index in [4.69, 9.17) is 26.2 Å². The number of aromatic carboxylic acids is 1. The first-order valence-corrected chi connectivity index (χ1v) is 8.53. The van der Waals surface area contributed by atoms with Crippen molar-refractivity contribution in [2.24, 2.45) is 0 Å². The maximum absolute atomic E-state index is 13.4. The van der Waals surface area contributed by atoms with E-state index < -0.39 is 32.3 Å². The number of halogens is 2. The lowest BCUT2D eigenvalue weighted by Crippen LogP contribution is -2.15. The van der Waals surface area contributed by atoms with E-state index in [1.807, 2.05) is 0 Å². The van der Waals surface area contributed by atoms with Gasteiger partial charge in [0, 0.05) is 6.07 Å². The van der Waals surface area contributed by atoms with Gasteiger partial charge in [0.25, 0.3) is 10.0 Å². The van der Waals surface area contributed by atoms with Crippen LogP contribution in [0, 0.1) is 5.82 Å². The zero-order valence-electron chi connectivity index (χ0n) is 13.0. The minimum absolute atomic E-state index is 0.00880. The average Bonchev–Trinajstić information content (AvgIpc) is 2.54. The molecule has 0 spiro atoms. The Morgan fingerprint density at radius 1 is 1.16 bits per heavy atom. The first kappa shape index (κ1) is 18.8. The van der Waals surface area contributed by atoms with Crippen molar-refractivity contribution >= 4 is 33.3 Å². The van der Waals surface area contributed by atoms with E-state index in [-0.39, 0.29) is 22.2 Å². The molecule has 2 N–H and O–H groups in total. The molecular formula is C15H13ClFNO6S. The highest BCUT2D eigenvalue weighted by Gasteiger charge is 2.21. The van der Waals surface area contributed by atoms with Crippen molar-refractivity contribution < 1.29 is 32.2 Å². The van der Waals surface area contributed by atoms with Crippen molar-refractivity contribution in [1.82, 2.24) is 0 Å². The van der Waals surface area contributed by atoms with Crippen LogP contribution in [-0.4, -0.2) is 33.7 Å². The molecule has 0 radical (unpaired) electrons. The lowest BCUT2D eigenvalue weighted by Gasteiger charge is -2.14. The molecule has 0 atom stereocenters. The van der Waals surface area contributed by atoms with Gasteiger partial charge in [-0.1, -0.05) is 11.6 Å². The van der Waals surface area contributed by atoms with Gasteiger partial charge in [-0.05, 0) is 24.3 Å². The van der Waals surface area contributed by atoms with Crippen LogP contribution in [0.4, 0.5) is 10.1 Å². The Hall–Kier alpha value is -2.52. The summed E-state index contributed by atoms with van der Waals surface area (Å²) in [5.74, 6) is -2.22. The van der Waals surface area contributed by atoms with Crippen LogP contribution in [-0.2, 0) is 10.0 Å². The van der Waals surface area contributed by atoms with Gasteiger partial charge >= 0.3 is 5.97 Å². The fourth-order valence-corrected chi connectivity index (χ4v) is 3.31. The summed E-state index contributed by atoms with van der Waals surface area (Å²) in [6, 6.07) is 5.08. The molecule has 0 heterocycles. The normalized spacial score (nSPS) is 11.0. The van der Waals surface area contributed by atoms with Gasteiger partial charge in [-0.2, -0.15) is 0 Å². The number of carboxylic acids is 1. The van der Waals surface area contributed by atoms with E-state index in [9.17, 15) is 17.6 Å². The van der Waals surface area contributed by atoms with Gasteiger partial charge in [0.05, 0.1) is 35.4 Å². The fourth-order valence-electron chi connectivity index (χ4n) is 1.98. The molecule has 0 amide bonds. The Morgan fingerprint density at radius 2 is 1.80 bits per heavy atom. The number of anilines is 1. The zero-order chi connectivity index (χ0) is 18.8. The predicted octanol–water partition coefficient (Wildman–Crippen LogP) is 3.00.